The Hall–Kier alpha value is -4.72. The van der Waals surface area contributed by atoms with Crippen molar-refractivity contribution >= 4 is 35.4 Å². The highest BCUT2D eigenvalue weighted by Crippen LogP contribution is 2.31. The van der Waals surface area contributed by atoms with Crippen molar-refractivity contribution in [3.63, 3.8) is 0 Å². The number of hydrogen-bond acceptors (Lipinski definition) is 5. The van der Waals surface area contributed by atoms with Gasteiger partial charge in [0.1, 0.15) is 17.3 Å². The van der Waals surface area contributed by atoms with E-state index < -0.39 is 0 Å². The smallest absolute Gasteiger partial charge is 0.179 e. The first-order valence-electron chi connectivity index (χ1n) is 13.0. The third kappa shape index (κ3) is 6.06. The van der Waals surface area contributed by atoms with Crippen LogP contribution in [0.4, 0.5) is 0 Å². The van der Waals surface area contributed by atoms with E-state index in [4.69, 9.17) is 32.9 Å². The van der Waals surface area contributed by atoms with Crippen molar-refractivity contribution in [2.75, 3.05) is 0 Å². The van der Waals surface area contributed by atoms with Gasteiger partial charge in [-0.05, 0) is 94.7 Å². The van der Waals surface area contributed by atoms with Gasteiger partial charge in [-0.25, -0.2) is 10.1 Å². The quantitative estimate of drug-likeness (QED) is 0.195. The molecule has 6 rings (SSSR count). The molecule has 0 saturated carbocycles. The van der Waals surface area contributed by atoms with E-state index >= 15 is 0 Å². The van der Waals surface area contributed by atoms with E-state index in [1.165, 1.54) is 0 Å². The van der Waals surface area contributed by atoms with Crippen molar-refractivity contribution in [2.24, 2.45) is 0 Å². The van der Waals surface area contributed by atoms with E-state index in [0.717, 1.165) is 57.4 Å². The van der Waals surface area contributed by atoms with Crippen molar-refractivity contribution in [1.29, 1.82) is 0 Å². The molecule has 9 heteroatoms. The number of nitrogens with zero attached hydrogens (tertiary/aromatic N) is 5. The monoisotopic (exact) mass is 578 g/mol. The van der Waals surface area contributed by atoms with Gasteiger partial charge in [0.25, 0.3) is 0 Å². The minimum Gasteiger partial charge on any atom is -0.457 e. The topological polar surface area (TPSA) is 81.5 Å². The molecule has 0 aliphatic carbocycles. The molecule has 202 valence electrons. The Morgan fingerprint density at radius 1 is 0.805 bits per heavy atom. The number of imidazole rings is 1. The number of ether oxygens (including phenoxy) is 1. The highest BCUT2D eigenvalue weighted by Gasteiger charge is 2.11. The minimum absolute atomic E-state index is 0.583. The first-order valence-corrected chi connectivity index (χ1v) is 13.7. The molecule has 1 N–H and O–H groups in total. The Balaban J connectivity index is 1.12. The van der Waals surface area contributed by atoms with Crippen LogP contribution in [0, 0.1) is 0 Å². The summed E-state index contributed by atoms with van der Waals surface area (Å²) in [6, 6.07) is 29.5. The van der Waals surface area contributed by atoms with Gasteiger partial charge < -0.3 is 9.30 Å². The van der Waals surface area contributed by atoms with E-state index in [2.05, 4.69) is 74.6 Å². The molecule has 2 heterocycles. The van der Waals surface area contributed by atoms with Crippen molar-refractivity contribution in [1.82, 2.24) is 30.2 Å². The summed E-state index contributed by atoms with van der Waals surface area (Å²) in [6.45, 7) is 2.88. The number of aryl methyl sites for hydroxylation is 1. The summed E-state index contributed by atoms with van der Waals surface area (Å²) in [7, 11) is 0. The van der Waals surface area contributed by atoms with Crippen LogP contribution in [0.5, 0.6) is 11.5 Å². The van der Waals surface area contributed by atoms with Crippen LogP contribution in [0.1, 0.15) is 18.3 Å². The number of halogens is 2. The van der Waals surface area contributed by atoms with Crippen LogP contribution in [0.3, 0.4) is 0 Å². The first kappa shape index (κ1) is 26.5. The average Bonchev–Trinajstić information content (AvgIpc) is 3.68. The van der Waals surface area contributed by atoms with Gasteiger partial charge in [0.15, 0.2) is 5.82 Å². The SMILES string of the molecule is CCn1cc(-c2ccc(Cl)cc2Cl)nc1C=Cc1ccc(-c2ccc(Oc3ccc(-c4nnn[nH]4)cc3)cc2)cc1. The van der Waals surface area contributed by atoms with Gasteiger partial charge in [-0.3, -0.25) is 0 Å². The number of benzene rings is 4. The highest BCUT2D eigenvalue weighted by molar-refractivity contribution is 6.36. The normalized spacial score (nSPS) is 11.3. The lowest BCUT2D eigenvalue weighted by Crippen LogP contribution is -1.94. The van der Waals surface area contributed by atoms with Crippen LogP contribution >= 0.6 is 23.2 Å². The second kappa shape index (κ2) is 11.8. The maximum Gasteiger partial charge on any atom is 0.179 e. The summed E-state index contributed by atoms with van der Waals surface area (Å²) in [5.74, 6) is 2.96. The highest BCUT2D eigenvalue weighted by atomic mass is 35.5. The molecule has 41 heavy (non-hydrogen) atoms. The standard InChI is InChI=1S/C32H24Cl2N6O/c1-2-40-20-30(28-17-12-25(33)19-29(28)34)35-31(40)18-5-21-3-6-22(7-4-21)23-8-13-26(14-9-23)41-27-15-10-24(11-16-27)32-36-38-39-37-32/h3-20H,2H2,1H3,(H,36,37,38,39). The summed E-state index contributed by atoms with van der Waals surface area (Å²) in [4.78, 5) is 4.80. The number of rotatable bonds is 8. The van der Waals surface area contributed by atoms with E-state index in [9.17, 15) is 0 Å². The zero-order chi connectivity index (χ0) is 28.2. The second-order valence-corrected chi connectivity index (χ2v) is 10.1. The fourth-order valence-corrected chi connectivity index (χ4v) is 4.92. The zero-order valence-electron chi connectivity index (χ0n) is 22.0. The van der Waals surface area contributed by atoms with Gasteiger partial charge in [0.05, 0.1) is 10.7 Å². The van der Waals surface area contributed by atoms with E-state index in [1.54, 1.807) is 6.07 Å². The Bertz CT molecular complexity index is 1790. The van der Waals surface area contributed by atoms with Crippen LogP contribution in [-0.2, 0) is 6.54 Å². The molecule has 6 aromatic rings. The second-order valence-electron chi connectivity index (χ2n) is 9.25. The maximum absolute atomic E-state index is 6.41. The molecule has 0 saturated heterocycles. The number of hydrogen-bond donors (Lipinski definition) is 1. The van der Waals surface area contributed by atoms with Crippen LogP contribution < -0.4 is 4.74 Å². The molecular formula is C32H24Cl2N6O. The minimum atomic E-state index is 0.583. The van der Waals surface area contributed by atoms with E-state index in [0.29, 0.717) is 15.9 Å². The first-order chi connectivity index (χ1) is 20.1. The molecule has 0 fully saturated rings. The molecule has 4 aromatic carbocycles. The van der Waals surface area contributed by atoms with Gasteiger partial charge >= 0.3 is 0 Å². The molecule has 0 bridgehead atoms. The lowest BCUT2D eigenvalue weighted by Gasteiger charge is -2.08. The Morgan fingerprint density at radius 3 is 2.07 bits per heavy atom. The van der Waals surface area contributed by atoms with Gasteiger partial charge in [0, 0.05) is 28.9 Å². The Labute approximate surface area is 247 Å². The van der Waals surface area contributed by atoms with E-state index in [-0.39, 0.29) is 0 Å². The van der Waals surface area contributed by atoms with Crippen LogP contribution in [0.25, 0.3) is 45.9 Å². The van der Waals surface area contributed by atoms with Crippen LogP contribution in [0.15, 0.2) is 97.2 Å². The zero-order valence-corrected chi connectivity index (χ0v) is 23.5. The van der Waals surface area contributed by atoms with Crippen molar-refractivity contribution in [3.8, 4) is 45.3 Å². The Morgan fingerprint density at radius 2 is 1.46 bits per heavy atom. The maximum atomic E-state index is 6.41. The predicted molar refractivity (Wildman–Crippen MR) is 164 cm³/mol. The van der Waals surface area contributed by atoms with Crippen molar-refractivity contribution in [2.45, 2.75) is 13.5 Å². The molecule has 0 amide bonds. The summed E-state index contributed by atoms with van der Waals surface area (Å²) in [5.41, 5.74) is 5.86. The number of tetrazole rings is 1. The van der Waals surface area contributed by atoms with Crippen LogP contribution in [0.2, 0.25) is 10.0 Å². The molecule has 0 atom stereocenters. The van der Waals surface area contributed by atoms with Gasteiger partial charge in [0.2, 0.25) is 0 Å². The molecule has 0 radical (unpaired) electrons. The lowest BCUT2D eigenvalue weighted by atomic mass is 10.0. The lowest BCUT2D eigenvalue weighted by molar-refractivity contribution is 0.483. The predicted octanol–water partition coefficient (Wildman–Crippen LogP) is 8.69. The van der Waals surface area contributed by atoms with Gasteiger partial charge in [-0.1, -0.05) is 65.7 Å². The summed E-state index contributed by atoms with van der Waals surface area (Å²) in [5, 5.41) is 15.1. The fourth-order valence-electron chi connectivity index (χ4n) is 4.41. The van der Waals surface area contributed by atoms with Gasteiger partial charge in [-0.15, -0.1) is 5.10 Å². The van der Waals surface area contributed by atoms with Crippen molar-refractivity contribution in [3.05, 3.63) is 119 Å². The molecule has 0 aliphatic rings. The number of nitrogens with one attached hydrogen (secondary N) is 1. The van der Waals surface area contributed by atoms with E-state index in [1.807, 2.05) is 60.8 Å². The molecule has 7 nitrogen and oxygen atoms in total. The largest absolute Gasteiger partial charge is 0.457 e. The van der Waals surface area contributed by atoms with Crippen LogP contribution in [-0.4, -0.2) is 30.2 Å². The molecule has 0 spiro atoms. The third-order valence-corrected chi connectivity index (χ3v) is 7.13. The number of aromatic amines is 1. The summed E-state index contributed by atoms with van der Waals surface area (Å²) < 4.78 is 8.10. The molecule has 0 aliphatic heterocycles. The Kier molecular flexibility index (Phi) is 7.63. The third-order valence-electron chi connectivity index (χ3n) is 6.59. The fraction of sp³-hybridized carbons (Fsp3) is 0.0625. The van der Waals surface area contributed by atoms with Crippen molar-refractivity contribution < 1.29 is 4.74 Å². The van der Waals surface area contributed by atoms with Gasteiger partial charge in [-0.2, -0.15) is 0 Å². The average molecular weight is 579 g/mol. The number of H-pyrrole nitrogens is 1. The number of aromatic nitrogens is 6. The molecule has 0 unspecified atom stereocenters. The summed E-state index contributed by atoms with van der Waals surface area (Å²) >= 11 is 12.5. The summed E-state index contributed by atoms with van der Waals surface area (Å²) in [6.07, 6.45) is 6.09. The molecular weight excluding hydrogens is 555 g/mol. The molecule has 2 aromatic heterocycles.